The zero-order valence-corrected chi connectivity index (χ0v) is 10.2. The van der Waals surface area contributed by atoms with Gasteiger partial charge in [0.25, 0.3) is 0 Å². The number of benzene rings is 1. The molecule has 0 aliphatic rings. The lowest BCUT2D eigenvalue weighted by Gasteiger charge is -2.07. The van der Waals surface area contributed by atoms with Crippen LogP contribution in [0.15, 0.2) is 23.1 Å². The molecule has 0 radical (unpaired) electrons. The van der Waals surface area contributed by atoms with E-state index in [1.165, 1.54) is 11.8 Å². The Balaban J connectivity index is 2.75. The van der Waals surface area contributed by atoms with Gasteiger partial charge in [-0.3, -0.25) is 4.79 Å². The van der Waals surface area contributed by atoms with Crippen LogP contribution in [0, 0.1) is 17.2 Å². The van der Waals surface area contributed by atoms with Crippen molar-refractivity contribution in [3.05, 3.63) is 28.8 Å². The van der Waals surface area contributed by atoms with Crippen LogP contribution >= 0.6 is 23.4 Å². The quantitative estimate of drug-likeness (QED) is 0.840. The monoisotopic (exact) mass is 255 g/mol. The highest BCUT2D eigenvalue weighted by Gasteiger charge is 2.12. The fourth-order valence-corrected chi connectivity index (χ4v) is 2.17. The Morgan fingerprint density at radius 1 is 1.69 bits per heavy atom. The van der Waals surface area contributed by atoms with Crippen LogP contribution < -0.4 is 0 Å². The number of rotatable bonds is 4. The summed E-state index contributed by atoms with van der Waals surface area (Å²) in [4.78, 5) is 11.4. The van der Waals surface area contributed by atoms with E-state index >= 15 is 0 Å². The number of hydrogen-bond donors (Lipinski definition) is 1. The van der Waals surface area contributed by atoms with Gasteiger partial charge in [-0.1, -0.05) is 18.5 Å². The fraction of sp³-hybridized carbons (Fsp3) is 0.273. The van der Waals surface area contributed by atoms with Gasteiger partial charge in [-0.15, -0.1) is 11.8 Å². The Morgan fingerprint density at radius 2 is 2.38 bits per heavy atom. The van der Waals surface area contributed by atoms with E-state index in [2.05, 4.69) is 0 Å². The molecule has 0 aliphatic heterocycles. The van der Waals surface area contributed by atoms with Crippen molar-refractivity contribution in [2.24, 2.45) is 5.92 Å². The summed E-state index contributed by atoms with van der Waals surface area (Å²) in [5.74, 6) is -0.835. The Morgan fingerprint density at radius 3 is 2.94 bits per heavy atom. The average molecular weight is 256 g/mol. The predicted molar refractivity (Wildman–Crippen MR) is 63.7 cm³/mol. The molecule has 1 unspecified atom stereocenters. The van der Waals surface area contributed by atoms with Crippen LogP contribution in [0.2, 0.25) is 5.02 Å². The van der Waals surface area contributed by atoms with Crippen molar-refractivity contribution in [1.82, 2.24) is 0 Å². The van der Waals surface area contributed by atoms with E-state index in [9.17, 15) is 4.79 Å². The molecule has 0 saturated carbocycles. The fourth-order valence-electron chi connectivity index (χ4n) is 1.00. The van der Waals surface area contributed by atoms with E-state index in [0.717, 1.165) is 4.90 Å². The second-order valence-electron chi connectivity index (χ2n) is 3.30. The lowest BCUT2D eigenvalue weighted by molar-refractivity contribution is -0.140. The van der Waals surface area contributed by atoms with Crippen molar-refractivity contribution in [3.8, 4) is 6.07 Å². The van der Waals surface area contributed by atoms with Gasteiger partial charge in [-0.25, -0.2) is 0 Å². The molecule has 0 aliphatic carbocycles. The molecule has 0 saturated heterocycles. The van der Waals surface area contributed by atoms with Crippen molar-refractivity contribution < 1.29 is 9.90 Å². The first-order chi connectivity index (χ1) is 7.54. The van der Waals surface area contributed by atoms with Gasteiger partial charge in [0.05, 0.1) is 11.5 Å². The van der Waals surface area contributed by atoms with Crippen LogP contribution in [-0.2, 0) is 4.79 Å². The first kappa shape index (κ1) is 12.9. The summed E-state index contributed by atoms with van der Waals surface area (Å²) < 4.78 is 0. The molecule has 1 atom stereocenters. The molecule has 0 fully saturated rings. The standard InChI is InChI=1S/C11H10ClNO2S/c1-7(11(14)15)6-16-10-3-2-9(12)4-8(10)5-13/h2-4,7H,6H2,1H3,(H,14,15). The van der Waals surface area contributed by atoms with Crippen molar-refractivity contribution in [3.63, 3.8) is 0 Å². The molecular weight excluding hydrogens is 246 g/mol. The molecule has 1 N–H and O–H groups in total. The molecule has 0 bridgehead atoms. The normalized spacial score (nSPS) is 11.8. The Labute approximate surface area is 103 Å². The highest BCUT2D eigenvalue weighted by atomic mass is 35.5. The Kier molecular flexibility index (Phi) is 4.66. The molecule has 0 aromatic heterocycles. The third-order valence-corrected chi connectivity index (χ3v) is 3.54. The Hall–Kier alpha value is -1.18. The van der Waals surface area contributed by atoms with E-state index in [1.807, 2.05) is 6.07 Å². The smallest absolute Gasteiger partial charge is 0.307 e. The molecule has 3 nitrogen and oxygen atoms in total. The van der Waals surface area contributed by atoms with E-state index in [1.54, 1.807) is 25.1 Å². The second kappa shape index (κ2) is 5.78. The minimum Gasteiger partial charge on any atom is -0.481 e. The number of carboxylic acids is 1. The van der Waals surface area contributed by atoms with E-state index in [0.29, 0.717) is 16.3 Å². The summed E-state index contributed by atoms with van der Waals surface area (Å²) in [5, 5.41) is 18.1. The van der Waals surface area contributed by atoms with Gasteiger partial charge in [0.2, 0.25) is 0 Å². The maximum absolute atomic E-state index is 10.6. The number of carboxylic acid groups (broad SMARTS) is 1. The highest BCUT2D eigenvalue weighted by molar-refractivity contribution is 7.99. The van der Waals surface area contributed by atoms with Crippen LogP contribution in [0.5, 0.6) is 0 Å². The number of nitrogens with zero attached hydrogens (tertiary/aromatic N) is 1. The van der Waals surface area contributed by atoms with Gasteiger partial charge in [0.15, 0.2) is 0 Å². The summed E-state index contributed by atoms with van der Waals surface area (Å²) in [6.07, 6.45) is 0. The topological polar surface area (TPSA) is 61.1 Å². The first-order valence-electron chi connectivity index (χ1n) is 4.60. The maximum atomic E-state index is 10.6. The molecule has 1 aromatic rings. The minimum atomic E-state index is -0.833. The van der Waals surface area contributed by atoms with Gasteiger partial charge in [0, 0.05) is 15.7 Å². The Bertz CT molecular complexity index is 442. The van der Waals surface area contributed by atoms with Gasteiger partial charge < -0.3 is 5.11 Å². The molecule has 16 heavy (non-hydrogen) atoms. The van der Waals surface area contributed by atoms with Gasteiger partial charge in [-0.2, -0.15) is 5.26 Å². The molecule has 1 aromatic carbocycles. The maximum Gasteiger partial charge on any atom is 0.307 e. The van der Waals surface area contributed by atoms with Gasteiger partial charge in [0.1, 0.15) is 6.07 Å². The molecule has 84 valence electrons. The van der Waals surface area contributed by atoms with E-state index < -0.39 is 11.9 Å². The zero-order valence-electron chi connectivity index (χ0n) is 8.61. The summed E-state index contributed by atoms with van der Waals surface area (Å²) in [6.45, 7) is 1.64. The first-order valence-corrected chi connectivity index (χ1v) is 5.96. The highest BCUT2D eigenvalue weighted by Crippen LogP contribution is 2.26. The summed E-state index contributed by atoms with van der Waals surface area (Å²) in [6, 6.07) is 7.04. The van der Waals surface area contributed by atoms with Crippen LogP contribution in [0.25, 0.3) is 0 Å². The summed E-state index contributed by atoms with van der Waals surface area (Å²) >= 11 is 7.11. The van der Waals surface area contributed by atoms with E-state index in [4.69, 9.17) is 22.0 Å². The summed E-state index contributed by atoms with van der Waals surface area (Å²) in [5.41, 5.74) is 0.482. The number of halogens is 1. The number of nitriles is 1. The van der Waals surface area contributed by atoms with Crippen molar-refractivity contribution in [2.75, 3.05) is 5.75 Å². The average Bonchev–Trinajstić information content (AvgIpc) is 2.26. The van der Waals surface area contributed by atoms with Crippen molar-refractivity contribution >= 4 is 29.3 Å². The number of thioether (sulfide) groups is 1. The van der Waals surface area contributed by atoms with Gasteiger partial charge in [-0.05, 0) is 18.2 Å². The van der Waals surface area contributed by atoms with Crippen LogP contribution in [0.1, 0.15) is 12.5 Å². The van der Waals surface area contributed by atoms with Crippen LogP contribution in [0.3, 0.4) is 0 Å². The number of aliphatic carboxylic acids is 1. The minimum absolute atomic E-state index is 0.436. The molecule has 0 spiro atoms. The summed E-state index contributed by atoms with van der Waals surface area (Å²) in [7, 11) is 0. The third-order valence-electron chi connectivity index (χ3n) is 1.97. The molecule has 0 heterocycles. The number of carbonyl (C=O) groups is 1. The SMILES string of the molecule is CC(CSc1ccc(Cl)cc1C#N)C(=O)O. The zero-order chi connectivity index (χ0) is 12.1. The lowest BCUT2D eigenvalue weighted by atomic mass is 10.2. The van der Waals surface area contributed by atoms with Crippen LogP contribution in [-0.4, -0.2) is 16.8 Å². The van der Waals surface area contributed by atoms with Crippen LogP contribution in [0.4, 0.5) is 0 Å². The predicted octanol–water partition coefficient (Wildman–Crippen LogP) is 3.02. The van der Waals surface area contributed by atoms with Gasteiger partial charge >= 0.3 is 5.97 Å². The van der Waals surface area contributed by atoms with Crippen molar-refractivity contribution in [2.45, 2.75) is 11.8 Å². The third kappa shape index (κ3) is 3.44. The molecule has 5 heteroatoms. The molecule has 1 rings (SSSR count). The number of hydrogen-bond acceptors (Lipinski definition) is 3. The van der Waals surface area contributed by atoms with E-state index in [-0.39, 0.29) is 0 Å². The molecule has 0 amide bonds. The lowest BCUT2D eigenvalue weighted by Crippen LogP contribution is -2.11. The second-order valence-corrected chi connectivity index (χ2v) is 4.80. The largest absolute Gasteiger partial charge is 0.481 e. The molecular formula is C11H10ClNO2S. The van der Waals surface area contributed by atoms with Crippen molar-refractivity contribution in [1.29, 1.82) is 5.26 Å².